The van der Waals surface area contributed by atoms with E-state index in [2.05, 4.69) is 21.2 Å². The number of carbonyl (C=O) groups excluding carboxylic acids is 1. The van der Waals surface area contributed by atoms with Crippen molar-refractivity contribution in [1.29, 1.82) is 0 Å². The highest BCUT2D eigenvalue weighted by molar-refractivity contribution is 9.10. The lowest BCUT2D eigenvalue weighted by molar-refractivity contribution is -0.139. The molecule has 5 nitrogen and oxygen atoms in total. The number of phenolic OH excluding ortho intramolecular Hbond substituents is 1. The van der Waals surface area contributed by atoms with Crippen LogP contribution in [0.15, 0.2) is 22.7 Å². The van der Waals surface area contributed by atoms with Crippen molar-refractivity contribution in [1.82, 2.24) is 5.32 Å². The minimum atomic E-state index is -0.918. The van der Waals surface area contributed by atoms with Gasteiger partial charge in [-0.05, 0) is 53.4 Å². The number of hydrogen-bond acceptors (Lipinski definition) is 3. The van der Waals surface area contributed by atoms with Crippen LogP contribution in [0.1, 0.15) is 36.0 Å². The highest BCUT2D eigenvalue weighted by Crippen LogP contribution is 2.35. The van der Waals surface area contributed by atoms with Gasteiger partial charge in [-0.25, -0.2) is 0 Å². The highest BCUT2D eigenvalue weighted by Gasteiger charge is 2.40. The monoisotopic (exact) mass is 327 g/mol. The molecule has 0 aliphatic heterocycles. The zero-order valence-electron chi connectivity index (χ0n) is 10.1. The molecular weight excluding hydrogens is 314 g/mol. The van der Waals surface area contributed by atoms with Crippen LogP contribution in [0.25, 0.3) is 0 Å². The van der Waals surface area contributed by atoms with Gasteiger partial charge in [0.25, 0.3) is 5.91 Å². The molecule has 0 heterocycles. The van der Waals surface area contributed by atoms with Gasteiger partial charge in [0, 0.05) is 5.56 Å². The molecule has 6 heteroatoms. The molecule has 0 saturated heterocycles. The smallest absolute Gasteiger partial charge is 0.305 e. The van der Waals surface area contributed by atoms with Crippen molar-refractivity contribution in [2.45, 2.75) is 31.2 Å². The lowest BCUT2D eigenvalue weighted by Crippen LogP contribution is -2.54. The predicted molar refractivity (Wildman–Crippen MR) is 72.1 cm³/mol. The molecule has 0 radical (unpaired) electrons. The zero-order valence-corrected chi connectivity index (χ0v) is 11.7. The second-order valence-corrected chi connectivity index (χ2v) is 5.68. The fraction of sp³-hybridized carbons (Fsp3) is 0.385. The number of rotatable bonds is 4. The van der Waals surface area contributed by atoms with E-state index in [0.29, 0.717) is 22.9 Å². The summed E-state index contributed by atoms with van der Waals surface area (Å²) < 4.78 is 0.507. The van der Waals surface area contributed by atoms with E-state index in [1.165, 1.54) is 6.07 Å². The van der Waals surface area contributed by atoms with Crippen molar-refractivity contribution in [3.63, 3.8) is 0 Å². The standard InChI is InChI=1S/C13H14BrNO4/c14-9-3-2-8(6-10(9)16)12(19)15-13(4-1-5-13)7-11(17)18/h2-3,6,16H,1,4-5,7H2,(H,15,19)(H,17,18). The lowest BCUT2D eigenvalue weighted by atomic mass is 9.74. The molecule has 0 unspecified atom stereocenters. The Morgan fingerprint density at radius 3 is 2.53 bits per heavy atom. The van der Waals surface area contributed by atoms with Crippen molar-refractivity contribution >= 4 is 27.8 Å². The van der Waals surface area contributed by atoms with E-state index in [-0.39, 0.29) is 18.1 Å². The maximum absolute atomic E-state index is 12.1. The number of amides is 1. The minimum absolute atomic E-state index is 0.0199. The van der Waals surface area contributed by atoms with Crippen LogP contribution in [0.4, 0.5) is 0 Å². The Morgan fingerprint density at radius 2 is 2.05 bits per heavy atom. The molecule has 1 fully saturated rings. The number of hydrogen-bond donors (Lipinski definition) is 3. The molecule has 19 heavy (non-hydrogen) atoms. The molecule has 1 amide bonds. The lowest BCUT2D eigenvalue weighted by Gasteiger charge is -2.41. The highest BCUT2D eigenvalue weighted by atomic mass is 79.9. The van der Waals surface area contributed by atoms with E-state index in [9.17, 15) is 14.7 Å². The summed E-state index contributed by atoms with van der Waals surface area (Å²) >= 11 is 3.14. The number of aromatic hydroxyl groups is 1. The maximum atomic E-state index is 12.1. The summed E-state index contributed by atoms with van der Waals surface area (Å²) in [7, 11) is 0. The first-order chi connectivity index (χ1) is 8.92. The van der Waals surface area contributed by atoms with Crippen LogP contribution in [-0.2, 0) is 4.79 Å². The van der Waals surface area contributed by atoms with E-state index >= 15 is 0 Å². The Morgan fingerprint density at radius 1 is 1.37 bits per heavy atom. The number of aliphatic carboxylic acids is 1. The second kappa shape index (κ2) is 5.21. The van der Waals surface area contributed by atoms with Crippen LogP contribution in [0, 0.1) is 0 Å². The third-order valence-electron chi connectivity index (χ3n) is 3.39. The average molecular weight is 328 g/mol. The molecule has 2 rings (SSSR count). The van der Waals surface area contributed by atoms with E-state index in [0.717, 1.165) is 6.42 Å². The molecule has 0 spiro atoms. The molecule has 1 aliphatic carbocycles. The van der Waals surface area contributed by atoms with Crippen LogP contribution in [0.2, 0.25) is 0 Å². The molecule has 1 aromatic rings. The van der Waals surface area contributed by atoms with Crippen LogP contribution >= 0.6 is 15.9 Å². The first-order valence-electron chi connectivity index (χ1n) is 5.95. The van der Waals surface area contributed by atoms with Crippen LogP contribution in [-0.4, -0.2) is 27.6 Å². The predicted octanol–water partition coefficient (Wildman–Crippen LogP) is 2.28. The molecule has 1 aliphatic rings. The first-order valence-corrected chi connectivity index (χ1v) is 6.74. The summed E-state index contributed by atoms with van der Waals surface area (Å²) in [4.78, 5) is 22.9. The number of phenols is 1. The molecule has 0 atom stereocenters. The summed E-state index contributed by atoms with van der Waals surface area (Å²) in [6.07, 6.45) is 2.20. The van der Waals surface area contributed by atoms with Gasteiger partial charge < -0.3 is 15.5 Å². The molecule has 102 valence electrons. The summed E-state index contributed by atoms with van der Waals surface area (Å²) in [5.41, 5.74) is -0.316. The number of nitrogens with one attached hydrogen (secondary N) is 1. The van der Waals surface area contributed by atoms with Gasteiger partial charge >= 0.3 is 5.97 Å². The summed E-state index contributed by atoms with van der Waals surface area (Å²) in [5, 5.41) is 21.2. The molecular formula is C13H14BrNO4. The van der Waals surface area contributed by atoms with E-state index < -0.39 is 11.5 Å². The van der Waals surface area contributed by atoms with Crippen LogP contribution in [0.5, 0.6) is 5.75 Å². The van der Waals surface area contributed by atoms with E-state index in [1.54, 1.807) is 12.1 Å². The van der Waals surface area contributed by atoms with Gasteiger partial charge in [0.2, 0.25) is 0 Å². The maximum Gasteiger partial charge on any atom is 0.305 e. The van der Waals surface area contributed by atoms with Crippen molar-refractivity contribution in [3.05, 3.63) is 28.2 Å². The fourth-order valence-electron chi connectivity index (χ4n) is 2.21. The Kier molecular flexibility index (Phi) is 3.80. The Labute approximate surface area is 118 Å². The molecule has 1 saturated carbocycles. The summed E-state index contributed by atoms with van der Waals surface area (Å²) in [6.45, 7) is 0. The van der Waals surface area contributed by atoms with Gasteiger partial charge in [-0.2, -0.15) is 0 Å². The van der Waals surface area contributed by atoms with E-state index in [1.807, 2.05) is 0 Å². The van der Waals surface area contributed by atoms with Crippen LogP contribution in [0.3, 0.4) is 0 Å². The van der Waals surface area contributed by atoms with Crippen molar-refractivity contribution in [2.24, 2.45) is 0 Å². The fourth-order valence-corrected chi connectivity index (χ4v) is 2.45. The van der Waals surface area contributed by atoms with Gasteiger partial charge in [-0.1, -0.05) is 0 Å². The third-order valence-corrected chi connectivity index (χ3v) is 4.06. The van der Waals surface area contributed by atoms with E-state index in [4.69, 9.17) is 5.11 Å². The first kappa shape index (κ1) is 13.9. The van der Waals surface area contributed by atoms with Gasteiger partial charge in [-0.15, -0.1) is 0 Å². The largest absolute Gasteiger partial charge is 0.507 e. The minimum Gasteiger partial charge on any atom is -0.507 e. The topological polar surface area (TPSA) is 86.6 Å². The van der Waals surface area contributed by atoms with Crippen molar-refractivity contribution in [3.8, 4) is 5.75 Å². The molecule has 0 bridgehead atoms. The van der Waals surface area contributed by atoms with Gasteiger partial charge in [0.15, 0.2) is 0 Å². The van der Waals surface area contributed by atoms with Gasteiger partial charge in [0.05, 0.1) is 16.4 Å². The van der Waals surface area contributed by atoms with Gasteiger partial charge in [-0.3, -0.25) is 9.59 Å². The number of benzene rings is 1. The normalized spacial score (nSPS) is 16.5. The number of carboxylic acids is 1. The number of carbonyl (C=O) groups is 2. The number of halogens is 1. The average Bonchev–Trinajstić information content (AvgIpc) is 2.29. The Balaban J connectivity index is 2.11. The quantitative estimate of drug-likeness (QED) is 0.791. The molecule has 1 aromatic carbocycles. The van der Waals surface area contributed by atoms with Gasteiger partial charge in [0.1, 0.15) is 5.75 Å². The zero-order chi connectivity index (χ0) is 14.0. The number of carboxylic acid groups (broad SMARTS) is 1. The molecule has 3 N–H and O–H groups in total. The summed E-state index contributed by atoms with van der Waals surface area (Å²) in [5.74, 6) is -1.30. The SMILES string of the molecule is O=C(O)CC1(NC(=O)c2ccc(Br)c(O)c2)CCC1. The van der Waals surface area contributed by atoms with Crippen molar-refractivity contribution < 1.29 is 19.8 Å². The molecule has 0 aromatic heterocycles. The summed E-state index contributed by atoms with van der Waals surface area (Å²) in [6, 6.07) is 4.51. The third kappa shape index (κ3) is 3.07. The Bertz CT molecular complexity index is 525. The van der Waals surface area contributed by atoms with Crippen LogP contribution < -0.4 is 5.32 Å². The second-order valence-electron chi connectivity index (χ2n) is 4.82. The Hall–Kier alpha value is -1.56. The van der Waals surface area contributed by atoms with Crippen molar-refractivity contribution in [2.75, 3.05) is 0 Å².